The number of benzene rings is 1. The summed E-state index contributed by atoms with van der Waals surface area (Å²) in [6.45, 7) is 0. The molecular weight excluding hydrogens is 270 g/mol. The molecule has 0 aliphatic heterocycles. The predicted octanol–water partition coefficient (Wildman–Crippen LogP) is 1.57. The third-order valence-electron chi connectivity index (χ3n) is 3.02. The smallest absolute Gasteiger partial charge is 0.261 e. The molecule has 3 aromatic rings. The molecule has 3 rings (SSSR count). The van der Waals surface area contributed by atoms with E-state index in [1.165, 1.54) is 17.8 Å². The number of fused-ring (bicyclic) bond motifs is 1. The Kier molecular flexibility index (Phi) is 3.15. The largest absolute Gasteiger partial charge is 0.492 e. The Balaban J connectivity index is 1.95. The summed E-state index contributed by atoms with van der Waals surface area (Å²) in [4.78, 5) is 16.5. The lowest BCUT2D eigenvalue weighted by Gasteiger charge is -2.11. The molecule has 1 amide bonds. The van der Waals surface area contributed by atoms with E-state index in [1.807, 2.05) is 0 Å². The number of hydrogen-bond acceptors (Lipinski definition) is 5. The maximum atomic E-state index is 12.4. The molecule has 0 aliphatic carbocycles. The Labute approximate surface area is 120 Å². The second-order valence-corrected chi connectivity index (χ2v) is 4.33. The number of aromatic nitrogens is 3. The van der Waals surface area contributed by atoms with E-state index in [-0.39, 0.29) is 5.91 Å². The summed E-state index contributed by atoms with van der Waals surface area (Å²) in [5, 5.41) is 6.84. The quantitative estimate of drug-likeness (QED) is 0.711. The van der Waals surface area contributed by atoms with Crippen molar-refractivity contribution >= 4 is 22.9 Å². The average molecular weight is 283 g/mol. The highest BCUT2D eigenvalue weighted by Gasteiger charge is 2.16. The van der Waals surface area contributed by atoms with Gasteiger partial charge in [-0.05, 0) is 18.2 Å². The molecule has 1 aromatic carbocycles. The fourth-order valence-corrected chi connectivity index (χ4v) is 2.06. The Morgan fingerprint density at radius 2 is 2.24 bits per heavy atom. The lowest BCUT2D eigenvalue weighted by molar-refractivity contribution is 0.102. The number of amides is 1. The van der Waals surface area contributed by atoms with Gasteiger partial charge in [-0.25, -0.2) is 9.50 Å². The first-order valence-electron chi connectivity index (χ1n) is 6.23. The van der Waals surface area contributed by atoms with Gasteiger partial charge in [0.25, 0.3) is 5.91 Å². The van der Waals surface area contributed by atoms with Crippen LogP contribution in [0.15, 0.2) is 42.9 Å². The zero-order valence-electron chi connectivity index (χ0n) is 11.3. The van der Waals surface area contributed by atoms with Gasteiger partial charge in [0, 0.05) is 12.4 Å². The summed E-state index contributed by atoms with van der Waals surface area (Å²) < 4.78 is 6.74. The maximum Gasteiger partial charge on any atom is 0.261 e. The van der Waals surface area contributed by atoms with Crippen LogP contribution >= 0.6 is 0 Å². The van der Waals surface area contributed by atoms with Crippen molar-refractivity contribution in [3.8, 4) is 5.75 Å². The number of methoxy groups -OCH3 is 1. The summed E-state index contributed by atoms with van der Waals surface area (Å²) in [6, 6.07) is 6.89. The molecule has 7 nitrogen and oxygen atoms in total. The Hall–Kier alpha value is -3.09. The summed E-state index contributed by atoms with van der Waals surface area (Å²) >= 11 is 0. The number of hydrogen-bond donors (Lipinski definition) is 2. The number of rotatable bonds is 3. The molecule has 0 saturated heterocycles. The Morgan fingerprint density at radius 1 is 1.38 bits per heavy atom. The minimum absolute atomic E-state index is 0.326. The first-order valence-corrected chi connectivity index (χ1v) is 6.23. The van der Waals surface area contributed by atoms with Gasteiger partial charge in [0.05, 0.1) is 24.7 Å². The Morgan fingerprint density at radius 3 is 3.05 bits per heavy atom. The molecule has 0 saturated carbocycles. The lowest BCUT2D eigenvalue weighted by atomic mass is 10.2. The highest BCUT2D eigenvalue weighted by Crippen LogP contribution is 2.31. The molecule has 0 bridgehead atoms. The number of para-hydroxylation sites is 1. The molecule has 7 heteroatoms. The van der Waals surface area contributed by atoms with Crippen LogP contribution in [0.25, 0.3) is 5.65 Å². The molecule has 2 heterocycles. The van der Waals surface area contributed by atoms with Crippen molar-refractivity contribution in [1.29, 1.82) is 0 Å². The van der Waals surface area contributed by atoms with Crippen LogP contribution < -0.4 is 15.8 Å². The van der Waals surface area contributed by atoms with E-state index in [9.17, 15) is 4.79 Å². The lowest BCUT2D eigenvalue weighted by Crippen LogP contribution is -2.13. The van der Waals surface area contributed by atoms with Crippen molar-refractivity contribution in [2.24, 2.45) is 0 Å². The van der Waals surface area contributed by atoms with Gasteiger partial charge in [0.2, 0.25) is 0 Å². The van der Waals surface area contributed by atoms with E-state index in [4.69, 9.17) is 10.5 Å². The van der Waals surface area contributed by atoms with Crippen LogP contribution in [-0.4, -0.2) is 27.6 Å². The molecule has 21 heavy (non-hydrogen) atoms. The van der Waals surface area contributed by atoms with Gasteiger partial charge in [0.1, 0.15) is 5.56 Å². The van der Waals surface area contributed by atoms with Gasteiger partial charge < -0.3 is 15.8 Å². The van der Waals surface area contributed by atoms with Crippen LogP contribution in [0, 0.1) is 0 Å². The number of ether oxygens (including phenoxy) is 1. The fraction of sp³-hybridized carbons (Fsp3) is 0.0714. The average Bonchev–Trinajstić information content (AvgIpc) is 2.91. The molecule has 0 unspecified atom stereocenters. The predicted molar refractivity (Wildman–Crippen MR) is 78.3 cm³/mol. The molecule has 0 fully saturated rings. The van der Waals surface area contributed by atoms with Gasteiger partial charge in [0.15, 0.2) is 11.4 Å². The van der Waals surface area contributed by atoms with Crippen molar-refractivity contribution in [3.63, 3.8) is 0 Å². The topological polar surface area (TPSA) is 94.5 Å². The van der Waals surface area contributed by atoms with Crippen LogP contribution in [0.3, 0.4) is 0 Å². The van der Waals surface area contributed by atoms with Crippen molar-refractivity contribution in [3.05, 3.63) is 48.4 Å². The van der Waals surface area contributed by atoms with Crippen LogP contribution in [-0.2, 0) is 0 Å². The minimum Gasteiger partial charge on any atom is -0.492 e. The fourth-order valence-electron chi connectivity index (χ4n) is 2.06. The number of carbonyl (C=O) groups is 1. The van der Waals surface area contributed by atoms with E-state index in [1.54, 1.807) is 36.7 Å². The highest BCUT2D eigenvalue weighted by molar-refractivity contribution is 6.09. The SMILES string of the molecule is COc1c(N)cccc1NC(=O)c1cnn2cccnc12. The van der Waals surface area contributed by atoms with Gasteiger partial charge in [-0.3, -0.25) is 4.79 Å². The second-order valence-electron chi connectivity index (χ2n) is 4.33. The van der Waals surface area contributed by atoms with Gasteiger partial charge in [-0.1, -0.05) is 6.07 Å². The summed E-state index contributed by atoms with van der Waals surface area (Å²) in [5.41, 5.74) is 7.62. The van der Waals surface area contributed by atoms with E-state index in [0.717, 1.165) is 0 Å². The molecular formula is C14H13N5O2. The van der Waals surface area contributed by atoms with Crippen LogP contribution in [0.1, 0.15) is 10.4 Å². The number of carbonyl (C=O) groups excluding carboxylic acids is 1. The maximum absolute atomic E-state index is 12.4. The third-order valence-corrected chi connectivity index (χ3v) is 3.02. The monoisotopic (exact) mass is 283 g/mol. The van der Waals surface area contributed by atoms with Gasteiger partial charge >= 0.3 is 0 Å². The number of nitrogen functional groups attached to an aromatic ring is 1. The van der Waals surface area contributed by atoms with Crippen LogP contribution in [0.2, 0.25) is 0 Å². The van der Waals surface area contributed by atoms with Crippen LogP contribution in [0.4, 0.5) is 11.4 Å². The molecule has 3 N–H and O–H groups in total. The first kappa shape index (κ1) is 12.9. The zero-order chi connectivity index (χ0) is 14.8. The number of nitrogens with zero attached hydrogens (tertiary/aromatic N) is 3. The van der Waals surface area contributed by atoms with Gasteiger partial charge in [-0.15, -0.1) is 0 Å². The van der Waals surface area contributed by atoms with E-state index in [0.29, 0.717) is 28.3 Å². The highest BCUT2D eigenvalue weighted by atomic mass is 16.5. The van der Waals surface area contributed by atoms with Gasteiger partial charge in [-0.2, -0.15) is 5.10 Å². The van der Waals surface area contributed by atoms with Crippen molar-refractivity contribution in [1.82, 2.24) is 14.6 Å². The standard InChI is InChI=1S/C14H13N5O2/c1-21-12-10(15)4-2-5-11(12)18-14(20)9-8-17-19-7-3-6-16-13(9)19/h2-8H,15H2,1H3,(H,18,20). The molecule has 2 aromatic heterocycles. The molecule has 0 spiro atoms. The normalized spacial score (nSPS) is 10.5. The van der Waals surface area contributed by atoms with Crippen molar-refractivity contribution in [2.75, 3.05) is 18.2 Å². The molecule has 0 radical (unpaired) electrons. The van der Waals surface area contributed by atoms with Crippen LogP contribution in [0.5, 0.6) is 5.75 Å². The van der Waals surface area contributed by atoms with Crippen molar-refractivity contribution < 1.29 is 9.53 Å². The Bertz CT molecular complexity index is 812. The molecule has 0 aliphatic rings. The minimum atomic E-state index is -0.326. The first-order chi connectivity index (χ1) is 10.2. The third kappa shape index (κ3) is 2.25. The molecule has 106 valence electrons. The van der Waals surface area contributed by atoms with Crippen molar-refractivity contribution in [2.45, 2.75) is 0 Å². The summed E-state index contributed by atoms with van der Waals surface area (Å²) in [6.07, 6.45) is 4.80. The summed E-state index contributed by atoms with van der Waals surface area (Å²) in [7, 11) is 1.50. The van der Waals surface area contributed by atoms with E-state index in [2.05, 4.69) is 15.4 Å². The van der Waals surface area contributed by atoms with E-state index >= 15 is 0 Å². The second kappa shape index (κ2) is 5.12. The summed E-state index contributed by atoms with van der Waals surface area (Å²) in [5.74, 6) is 0.0999. The molecule has 0 atom stereocenters. The van der Waals surface area contributed by atoms with E-state index < -0.39 is 0 Å². The number of nitrogens with one attached hydrogen (secondary N) is 1. The number of nitrogens with two attached hydrogens (primary N) is 1. The number of anilines is 2. The zero-order valence-corrected chi connectivity index (χ0v) is 11.3.